The second-order valence-corrected chi connectivity index (χ2v) is 8.21. The number of rotatable bonds is 4. The zero-order chi connectivity index (χ0) is 21.2. The van der Waals surface area contributed by atoms with Crippen LogP contribution < -0.4 is 10.1 Å². The number of halogens is 1. The Morgan fingerprint density at radius 1 is 1.00 bits per heavy atom. The predicted molar refractivity (Wildman–Crippen MR) is 119 cm³/mol. The minimum absolute atomic E-state index is 0.323. The highest BCUT2D eigenvalue weighted by Gasteiger charge is 2.26. The zero-order valence-electron chi connectivity index (χ0n) is 16.7. The Morgan fingerprint density at radius 3 is 2.68 bits per heavy atom. The lowest BCUT2D eigenvalue weighted by atomic mass is 10.1. The maximum atomic E-state index is 13.8. The van der Waals surface area contributed by atoms with Gasteiger partial charge >= 0.3 is 0 Å². The number of ether oxygens (including phenoxy) is 1. The van der Waals surface area contributed by atoms with E-state index in [-0.39, 0.29) is 5.82 Å². The lowest BCUT2D eigenvalue weighted by molar-refractivity contribution is 0.225. The van der Waals surface area contributed by atoms with Crippen molar-refractivity contribution in [2.45, 2.75) is 24.1 Å². The van der Waals surface area contributed by atoms with Gasteiger partial charge in [-0.15, -0.1) is 10.2 Å². The van der Waals surface area contributed by atoms with E-state index in [2.05, 4.69) is 51.7 Å². The lowest BCUT2D eigenvalue weighted by Gasteiger charge is -2.19. The Bertz CT molecular complexity index is 1230. The van der Waals surface area contributed by atoms with E-state index in [1.165, 1.54) is 35.0 Å². The second kappa shape index (κ2) is 8.35. The summed E-state index contributed by atoms with van der Waals surface area (Å²) >= 11 is 1.49. The highest BCUT2D eigenvalue weighted by Crippen LogP contribution is 2.39. The molecule has 1 aliphatic heterocycles. The van der Waals surface area contributed by atoms with Gasteiger partial charge < -0.3 is 10.1 Å². The smallest absolute Gasteiger partial charge is 0.247 e. The van der Waals surface area contributed by atoms with Crippen molar-refractivity contribution in [1.29, 1.82) is 0 Å². The van der Waals surface area contributed by atoms with E-state index in [9.17, 15) is 4.39 Å². The van der Waals surface area contributed by atoms with Gasteiger partial charge in [0.25, 0.3) is 0 Å². The number of hydrogen-bond donors (Lipinski definition) is 1. The maximum absolute atomic E-state index is 13.8. The molecule has 0 bridgehead atoms. The third-order valence-electron chi connectivity index (χ3n) is 4.97. The van der Waals surface area contributed by atoms with Gasteiger partial charge in [0.15, 0.2) is 11.9 Å². The van der Waals surface area contributed by atoms with Crippen molar-refractivity contribution >= 4 is 17.4 Å². The highest BCUT2D eigenvalue weighted by atomic mass is 32.2. The van der Waals surface area contributed by atoms with Crippen molar-refractivity contribution in [2.24, 2.45) is 0 Å². The zero-order valence-corrected chi connectivity index (χ0v) is 17.6. The Morgan fingerprint density at radius 2 is 1.84 bits per heavy atom. The van der Waals surface area contributed by atoms with Crippen molar-refractivity contribution in [2.75, 3.05) is 5.32 Å². The van der Waals surface area contributed by atoms with E-state index >= 15 is 0 Å². The number of hydrogen-bond acceptors (Lipinski definition) is 6. The molecule has 7 heteroatoms. The van der Waals surface area contributed by atoms with Crippen LogP contribution in [0.1, 0.15) is 22.9 Å². The van der Waals surface area contributed by atoms with Crippen molar-refractivity contribution in [1.82, 2.24) is 15.2 Å². The fourth-order valence-electron chi connectivity index (χ4n) is 3.36. The average Bonchev–Trinajstić information content (AvgIpc) is 2.95. The average molecular weight is 431 g/mol. The Balaban J connectivity index is 1.48. The summed E-state index contributed by atoms with van der Waals surface area (Å²) in [5, 5.41) is 12.6. The monoisotopic (exact) mass is 430 g/mol. The number of nitrogens with one attached hydrogen (secondary N) is 1. The van der Waals surface area contributed by atoms with Gasteiger partial charge in [-0.1, -0.05) is 71.9 Å². The first-order valence-corrected chi connectivity index (χ1v) is 10.9. The SMILES string of the molecule is Cc1ccc(CSc2nnc3c(n2)OC(c2cccc(F)c2)Nc2ccccc2-3)cc1. The van der Waals surface area contributed by atoms with Gasteiger partial charge in [0.2, 0.25) is 11.0 Å². The summed E-state index contributed by atoms with van der Waals surface area (Å²) in [6, 6.07) is 22.4. The first-order chi connectivity index (χ1) is 15.2. The van der Waals surface area contributed by atoms with Crippen LogP contribution >= 0.6 is 11.8 Å². The second-order valence-electron chi connectivity index (χ2n) is 7.27. The summed E-state index contributed by atoms with van der Waals surface area (Å²) in [6.07, 6.45) is -0.607. The Labute approximate surface area is 183 Å². The predicted octanol–water partition coefficient (Wildman–Crippen LogP) is 5.78. The third kappa shape index (κ3) is 4.22. The van der Waals surface area contributed by atoms with E-state index < -0.39 is 6.23 Å². The van der Waals surface area contributed by atoms with Gasteiger partial charge in [-0.2, -0.15) is 4.98 Å². The number of para-hydroxylation sites is 1. The van der Waals surface area contributed by atoms with Crippen LogP contribution in [0.2, 0.25) is 0 Å². The fraction of sp³-hybridized carbons (Fsp3) is 0.125. The Kier molecular flexibility index (Phi) is 5.26. The van der Waals surface area contributed by atoms with Crippen LogP contribution in [0.3, 0.4) is 0 Å². The maximum Gasteiger partial charge on any atom is 0.247 e. The molecule has 0 radical (unpaired) electrons. The number of thioether (sulfide) groups is 1. The summed E-state index contributed by atoms with van der Waals surface area (Å²) in [7, 11) is 0. The molecule has 31 heavy (non-hydrogen) atoms. The quantitative estimate of drug-likeness (QED) is 0.414. The fourth-order valence-corrected chi connectivity index (χ4v) is 4.10. The summed E-state index contributed by atoms with van der Waals surface area (Å²) in [4.78, 5) is 4.64. The molecule has 0 fully saturated rings. The highest BCUT2D eigenvalue weighted by molar-refractivity contribution is 7.98. The molecule has 4 aromatic rings. The molecule has 2 heterocycles. The topological polar surface area (TPSA) is 59.9 Å². The number of anilines is 1. The van der Waals surface area contributed by atoms with Crippen LogP contribution in [0, 0.1) is 12.7 Å². The molecule has 0 spiro atoms. The molecular weight excluding hydrogens is 411 g/mol. The summed E-state index contributed by atoms with van der Waals surface area (Å²) in [5.41, 5.74) is 5.29. The molecule has 0 amide bonds. The standard InChI is InChI=1S/C24H19FN4OS/c1-15-9-11-16(12-10-15)14-31-24-27-23-21(28-29-24)19-7-2-3-8-20(19)26-22(30-23)17-5-4-6-18(25)13-17/h2-13,22,26H,14H2,1H3. The Hall–Kier alpha value is -3.45. The van der Waals surface area contributed by atoms with Crippen molar-refractivity contribution < 1.29 is 9.13 Å². The molecule has 0 aliphatic carbocycles. The molecule has 1 atom stereocenters. The van der Waals surface area contributed by atoms with Gasteiger partial charge in [0.1, 0.15) is 5.82 Å². The van der Waals surface area contributed by atoms with Gasteiger partial charge in [-0.3, -0.25) is 0 Å². The summed E-state index contributed by atoms with van der Waals surface area (Å²) in [5.74, 6) is 0.770. The van der Waals surface area contributed by atoms with Crippen molar-refractivity contribution in [3.05, 3.63) is 95.3 Å². The van der Waals surface area contributed by atoms with E-state index in [1.54, 1.807) is 6.07 Å². The van der Waals surface area contributed by atoms with Gasteiger partial charge in [0, 0.05) is 22.6 Å². The molecule has 5 nitrogen and oxygen atoms in total. The van der Waals surface area contributed by atoms with Crippen LogP contribution in [-0.2, 0) is 5.75 Å². The lowest BCUT2D eigenvalue weighted by Crippen LogP contribution is -2.17. The molecule has 1 N–H and O–H groups in total. The van der Waals surface area contributed by atoms with E-state index in [0.717, 1.165) is 17.0 Å². The van der Waals surface area contributed by atoms with Crippen LogP contribution in [-0.4, -0.2) is 15.2 Å². The van der Waals surface area contributed by atoms with Crippen LogP contribution in [0.15, 0.2) is 78.0 Å². The van der Waals surface area contributed by atoms with Crippen LogP contribution in [0.5, 0.6) is 5.88 Å². The number of aryl methyl sites for hydroxylation is 1. The first kappa shape index (κ1) is 19.5. The molecule has 1 aromatic heterocycles. The number of fused-ring (bicyclic) bond motifs is 3. The van der Waals surface area contributed by atoms with Crippen LogP contribution in [0.4, 0.5) is 10.1 Å². The minimum Gasteiger partial charge on any atom is -0.448 e. The molecule has 0 saturated heterocycles. The summed E-state index contributed by atoms with van der Waals surface area (Å²) < 4.78 is 20.0. The van der Waals surface area contributed by atoms with Gasteiger partial charge in [-0.25, -0.2) is 4.39 Å². The summed E-state index contributed by atoms with van der Waals surface area (Å²) in [6.45, 7) is 2.06. The van der Waals surface area contributed by atoms with Crippen molar-refractivity contribution in [3.8, 4) is 17.1 Å². The van der Waals surface area contributed by atoms with Gasteiger partial charge in [-0.05, 0) is 30.7 Å². The van der Waals surface area contributed by atoms with Crippen LogP contribution in [0.25, 0.3) is 11.3 Å². The van der Waals surface area contributed by atoms with E-state index in [4.69, 9.17) is 4.74 Å². The normalized spacial score (nSPS) is 14.6. The molecule has 1 unspecified atom stereocenters. The minimum atomic E-state index is -0.607. The molecule has 0 saturated carbocycles. The number of benzene rings is 3. The molecule has 154 valence electrons. The molecular formula is C24H19FN4OS. The molecule has 3 aromatic carbocycles. The number of nitrogens with zero attached hydrogens (tertiary/aromatic N) is 3. The van der Waals surface area contributed by atoms with Gasteiger partial charge in [0.05, 0.1) is 0 Å². The third-order valence-corrected chi connectivity index (χ3v) is 5.88. The first-order valence-electron chi connectivity index (χ1n) is 9.87. The van der Waals surface area contributed by atoms with Crippen molar-refractivity contribution in [3.63, 3.8) is 0 Å². The van der Waals surface area contributed by atoms with E-state index in [1.807, 2.05) is 30.3 Å². The molecule has 1 aliphatic rings. The van der Waals surface area contributed by atoms with E-state index in [0.29, 0.717) is 22.3 Å². The molecule has 5 rings (SSSR count). The number of aromatic nitrogens is 3. The largest absolute Gasteiger partial charge is 0.448 e.